The van der Waals surface area contributed by atoms with E-state index >= 15 is 0 Å². The Morgan fingerprint density at radius 1 is 1.19 bits per heavy atom. The van der Waals surface area contributed by atoms with Crippen LogP contribution in [-0.2, 0) is 14.6 Å². The van der Waals surface area contributed by atoms with Crippen LogP contribution in [0.3, 0.4) is 0 Å². The van der Waals surface area contributed by atoms with Gasteiger partial charge in [0.2, 0.25) is 12.7 Å². The maximum Gasteiger partial charge on any atom is 0.250 e. The van der Waals surface area contributed by atoms with Gasteiger partial charge in [-0.15, -0.1) is 0 Å². The van der Waals surface area contributed by atoms with Crippen LogP contribution >= 0.6 is 11.3 Å². The van der Waals surface area contributed by atoms with Crippen molar-refractivity contribution in [3.05, 3.63) is 48.0 Å². The number of aromatic nitrogens is 1. The monoisotopic (exact) mass is 402 g/mol. The van der Waals surface area contributed by atoms with Crippen molar-refractivity contribution >= 4 is 48.5 Å². The number of thiazole rings is 1. The summed E-state index contributed by atoms with van der Waals surface area (Å²) in [6, 6.07) is 10.1. The molecule has 7 nitrogen and oxygen atoms in total. The largest absolute Gasteiger partial charge is 0.454 e. The van der Waals surface area contributed by atoms with Gasteiger partial charge in [0.05, 0.1) is 15.1 Å². The van der Waals surface area contributed by atoms with E-state index in [0.29, 0.717) is 26.8 Å². The Morgan fingerprint density at radius 3 is 2.81 bits per heavy atom. The van der Waals surface area contributed by atoms with E-state index in [-0.39, 0.29) is 17.6 Å². The fourth-order valence-electron chi connectivity index (χ4n) is 2.52. The number of fused-ring (bicyclic) bond motifs is 2. The average molecular weight is 402 g/mol. The second kappa shape index (κ2) is 6.67. The van der Waals surface area contributed by atoms with Crippen LogP contribution in [0.25, 0.3) is 16.3 Å². The molecule has 0 saturated heterocycles. The molecule has 0 atom stereocenters. The number of hydrogen-bond acceptors (Lipinski definition) is 7. The van der Waals surface area contributed by atoms with E-state index in [9.17, 15) is 13.2 Å². The van der Waals surface area contributed by atoms with Crippen LogP contribution in [0, 0.1) is 0 Å². The van der Waals surface area contributed by atoms with Crippen molar-refractivity contribution in [3.8, 4) is 11.5 Å². The molecule has 1 amide bonds. The van der Waals surface area contributed by atoms with E-state index in [1.54, 1.807) is 30.3 Å². The first-order valence-corrected chi connectivity index (χ1v) is 10.6. The highest BCUT2D eigenvalue weighted by atomic mass is 32.2. The van der Waals surface area contributed by atoms with E-state index in [2.05, 4.69) is 10.3 Å². The molecule has 0 bridgehead atoms. The zero-order valence-corrected chi connectivity index (χ0v) is 15.8. The number of carbonyl (C=O) groups is 1. The lowest BCUT2D eigenvalue weighted by Crippen LogP contribution is -2.07. The summed E-state index contributed by atoms with van der Waals surface area (Å²) in [5, 5.41) is 3.09. The number of benzene rings is 2. The third kappa shape index (κ3) is 3.79. The Balaban J connectivity index is 1.49. The normalized spacial score (nSPS) is 13.4. The number of ether oxygens (including phenoxy) is 2. The Morgan fingerprint density at radius 2 is 2.00 bits per heavy atom. The SMILES string of the molecule is CS(=O)(=O)c1ccc2nc(NC(=O)C=Cc3ccc4c(c3)OCO4)sc2c1. The number of hydrogen-bond donors (Lipinski definition) is 1. The third-order valence-corrected chi connectivity index (χ3v) is 5.89. The second-order valence-electron chi connectivity index (χ2n) is 5.86. The van der Waals surface area contributed by atoms with Gasteiger partial charge in [0, 0.05) is 12.3 Å². The molecule has 9 heteroatoms. The lowest BCUT2D eigenvalue weighted by atomic mass is 10.2. The van der Waals surface area contributed by atoms with Crippen LogP contribution < -0.4 is 14.8 Å². The molecular formula is C18H14N2O5S2. The highest BCUT2D eigenvalue weighted by molar-refractivity contribution is 7.90. The predicted molar refractivity (Wildman–Crippen MR) is 103 cm³/mol. The van der Waals surface area contributed by atoms with E-state index < -0.39 is 9.84 Å². The van der Waals surface area contributed by atoms with Crippen molar-refractivity contribution in [1.82, 2.24) is 4.98 Å². The second-order valence-corrected chi connectivity index (χ2v) is 8.90. The van der Waals surface area contributed by atoms with Crippen LogP contribution in [-0.4, -0.2) is 32.4 Å². The molecule has 0 unspecified atom stereocenters. The summed E-state index contributed by atoms with van der Waals surface area (Å²) in [6.45, 7) is 0.196. The summed E-state index contributed by atoms with van der Waals surface area (Å²) in [4.78, 5) is 16.7. The number of amides is 1. The smallest absolute Gasteiger partial charge is 0.250 e. The van der Waals surface area contributed by atoms with E-state index in [0.717, 1.165) is 11.8 Å². The molecule has 0 saturated carbocycles. The van der Waals surface area contributed by atoms with Gasteiger partial charge in [-0.25, -0.2) is 13.4 Å². The van der Waals surface area contributed by atoms with Crippen LogP contribution in [0.2, 0.25) is 0 Å². The summed E-state index contributed by atoms with van der Waals surface area (Å²) in [6.07, 6.45) is 4.21. The molecule has 138 valence electrons. The third-order valence-electron chi connectivity index (χ3n) is 3.84. The van der Waals surface area contributed by atoms with Crippen LogP contribution in [0.4, 0.5) is 5.13 Å². The van der Waals surface area contributed by atoms with Crippen molar-refractivity contribution in [3.63, 3.8) is 0 Å². The zero-order chi connectivity index (χ0) is 19.0. The van der Waals surface area contributed by atoms with Gasteiger partial charge in [-0.1, -0.05) is 17.4 Å². The van der Waals surface area contributed by atoms with Gasteiger partial charge in [0.1, 0.15) is 0 Å². The first kappa shape index (κ1) is 17.5. The molecule has 0 aliphatic carbocycles. The molecular weight excluding hydrogens is 388 g/mol. The summed E-state index contributed by atoms with van der Waals surface area (Å²) < 4.78 is 34.5. The zero-order valence-electron chi connectivity index (χ0n) is 14.1. The summed E-state index contributed by atoms with van der Waals surface area (Å²) in [5.41, 5.74) is 1.43. The van der Waals surface area contributed by atoms with Gasteiger partial charge >= 0.3 is 0 Å². The highest BCUT2D eigenvalue weighted by Gasteiger charge is 2.13. The number of carbonyl (C=O) groups excluding carboxylic acids is 1. The van der Waals surface area contributed by atoms with Gasteiger partial charge < -0.3 is 9.47 Å². The minimum Gasteiger partial charge on any atom is -0.454 e. The first-order valence-electron chi connectivity index (χ1n) is 7.88. The molecule has 0 radical (unpaired) electrons. The summed E-state index contributed by atoms with van der Waals surface area (Å²) in [7, 11) is -3.29. The standard InChI is InChI=1S/C18H14N2O5S2/c1-27(22,23)12-4-5-13-16(9-12)26-18(19-13)20-17(21)7-3-11-2-6-14-15(8-11)25-10-24-14/h2-9H,10H2,1H3,(H,19,20,21). The van der Waals surface area contributed by atoms with Crippen LogP contribution in [0.1, 0.15) is 5.56 Å². The van der Waals surface area contributed by atoms with Crippen LogP contribution in [0.5, 0.6) is 11.5 Å². The quantitative estimate of drug-likeness (QED) is 0.674. The minimum atomic E-state index is -3.29. The highest BCUT2D eigenvalue weighted by Crippen LogP contribution is 2.33. The molecule has 1 aromatic heterocycles. The molecule has 3 aromatic rings. The predicted octanol–water partition coefficient (Wildman–Crippen LogP) is 3.08. The molecule has 1 aliphatic heterocycles. The van der Waals surface area contributed by atoms with Gasteiger partial charge in [0.25, 0.3) is 0 Å². The summed E-state index contributed by atoms with van der Waals surface area (Å²) >= 11 is 1.22. The van der Waals surface area contributed by atoms with Crippen molar-refractivity contribution in [2.75, 3.05) is 18.4 Å². The molecule has 1 N–H and O–H groups in total. The number of sulfone groups is 1. The Bertz CT molecular complexity index is 1180. The van der Waals surface area contributed by atoms with Crippen molar-refractivity contribution in [1.29, 1.82) is 0 Å². The first-order chi connectivity index (χ1) is 12.9. The molecule has 27 heavy (non-hydrogen) atoms. The molecule has 2 heterocycles. The average Bonchev–Trinajstić information content (AvgIpc) is 3.23. The lowest BCUT2D eigenvalue weighted by Gasteiger charge is -1.98. The van der Waals surface area contributed by atoms with E-state index in [1.807, 2.05) is 6.07 Å². The van der Waals surface area contributed by atoms with Crippen molar-refractivity contribution < 1.29 is 22.7 Å². The molecule has 2 aromatic carbocycles. The van der Waals surface area contributed by atoms with Crippen molar-refractivity contribution in [2.24, 2.45) is 0 Å². The fraction of sp³-hybridized carbons (Fsp3) is 0.111. The van der Waals surface area contributed by atoms with Crippen LogP contribution in [0.15, 0.2) is 47.4 Å². The molecule has 0 fully saturated rings. The maximum absolute atomic E-state index is 12.1. The van der Waals surface area contributed by atoms with Gasteiger partial charge in [0.15, 0.2) is 26.5 Å². The van der Waals surface area contributed by atoms with Crippen molar-refractivity contribution in [2.45, 2.75) is 4.90 Å². The summed E-state index contributed by atoms with van der Waals surface area (Å²) in [5.74, 6) is 0.986. The minimum absolute atomic E-state index is 0.196. The lowest BCUT2D eigenvalue weighted by molar-refractivity contribution is -0.111. The Kier molecular flexibility index (Phi) is 4.33. The molecule has 4 rings (SSSR count). The molecule has 0 spiro atoms. The molecule has 1 aliphatic rings. The maximum atomic E-state index is 12.1. The van der Waals surface area contributed by atoms with Gasteiger partial charge in [-0.2, -0.15) is 0 Å². The number of nitrogens with zero attached hydrogens (tertiary/aromatic N) is 1. The van der Waals surface area contributed by atoms with E-state index in [1.165, 1.54) is 23.5 Å². The van der Waals surface area contributed by atoms with Gasteiger partial charge in [-0.05, 0) is 42.0 Å². The Hall–Kier alpha value is -2.91. The topological polar surface area (TPSA) is 94.6 Å². The number of anilines is 1. The van der Waals surface area contributed by atoms with E-state index in [4.69, 9.17) is 9.47 Å². The Labute approximate surface area is 159 Å². The fourth-order valence-corrected chi connectivity index (χ4v) is 4.15. The number of nitrogens with one attached hydrogen (secondary N) is 1. The number of rotatable bonds is 4. The van der Waals surface area contributed by atoms with Gasteiger partial charge in [-0.3, -0.25) is 10.1 Å².